The predicted octanol–water partition coefficient (Wildman–Crippen LogP) is 1.84. The van der Waals surface area contributed by atoms with Crippen molar-refractivity contribution < 1.29 is 9.84 Å². The molecule has 0 aromatic carbocycles. The summed E-state index contributed by atoms with van der Waals surface area (Å²) in [5.74, 6) is 0.341. The first-order valence-corrected chi connectivity index (χ1v) is 4.82. The van der Waals surface area contributed by atoms with Crippen molar-refractivity contribution in [3.8, 4) is 0 Å². The van der Waals surface area contributed by atoms with E-state index in [4.69, 9.17) is 4.74 Å². The van der Waals surface area contributed by atoms with Crippen molar-refractivity contribution in [1.29, 1.82) is 0 Å². The summed E-state index contributed by atoms with van der Waals surface area (Å²) >= 11 is 0. The molecule has 0 spiro atoms. The van der Waals surface area contributed by atoms with Crippen LogP contribution in [0.15, 0.2) is 12.3 Å². The third-order valence-electron chi connectivity index (χ3n) is 3.11. The van der Waals surface area contributed by atoms with E-state index in [1.54, 1.807) is 6.26 Å². The van der Waals surface area contributed by atoms with Gasteiger partial charge in [0.15, 0.2) is 0 Å². The van der Waals surface area contributed by atoms with Gasteiger partial charge in [-0.1, -0.05) is 12.8 Å². The summed E-state index contributed by atoms with van der Waals surface area (Å²) in [5.41, 5.74) is -0.402. The fraction of sp³-hybridized carbons (Fsp3) is 0.800. The van der Waals surface area contributed by atoms with Crippen LogP contribution in [-0.2, 0) is 4.74 Å². The van der Waals surface area contributed by atoms with E-state index in [1.807, 2.05) is 6.08 Å². The van der Waals surface area contributed by atoms with Gasteiger partial charge >= 0.3 is 0 Å². The van der Waals surface area contributed by atoms with Crippen molar-refractivity contribution in [2.45, 2.75) is 37.7 Å². The molecule has 2 aliphatic rings. The fourth-order valence-corrected chi connectivity index (χ4v) is 2.32. The van der Waals surface area contributed by atoms with Crippen molar-refractivity contribution in [3.63, 3.8) is 0 Å². The Bertz CT molecular complexity index is 180. The zero-order valence-electron chi connectivity index (χ0n) is 7.33. The van der Waals surface area contributed by atoms with Gasteiger partial charge in [-0.25, -0.2) is 0 Å². The molecule has 0 radical (unpaired) electrons. The van der Waals surface area contributed by atoms with Gasteiger partial charge in [0.05, 0.1) is 18.5 Å². The van der Waals surface area contributed by atoms with Gasteiger partial charge in [-0.05, 0) is 25.3 Å². The molecule has 0 amide bonds. The Morgan fingerprint density at radius 1 is 1.33 bits per heavy atom. The quantitative estimate of drug-likeness (QED) is 0.647. The van der Waals surface area contributed by atoms with Gasteiger partial charge < -0.3 is 9.84 Å². The van der Waals surface area contributed by atoms with E-state index < -0.39 is 5.60 Å². The van der Waals surface area contributed by atoms with E-state index in [0.29, 0.717) is 5.92 Å². The lowest BCUT2D eigenvalue weighted by molar-refractivity contribution is -0.00974. The van der Waals surface area contributed by atoms with Gasteiger partial charge in [0.1, 0.15) is 0 Å². The molecule has 1 aliphatic heterocycles. The minimum absolute atomic E-state index is 0.341. The summed E-state index contributed by atoms with van der Waals surface area (Å²) in [6.07, 6.45) is 9.06. The Labute approximate surface area is 73.2 Å². The molecule has 1 atom stereocenters. The summed E-state index contributed by atoms with van der Waals surface area (Å²) in [4.78, 5) is 0. The number of hydrogen-bond acceptors (Lipinski definition) is 2. The smallest absolute Gasteiger partial charge is 0.0879 e. The Morgan fingerprint density at radius 3 is 2.67 bits per heavy atom. The SMILES string of the molecule is OC1([C@@H]2C=COCC2)CCCC1. The Morgan fingerprint density at radius 2 is 2.08 bits per heavy atom. The van der Waals surface area contributed by atoms with Gasteiger partial charge in [-0.3, -0.25) is 0 Å². The van der Waals surface area contributed by atoms with Gasteiger partial charge in [0.2, 0.25) is 0 Å². The van der Waals surface area contributed by atoms with E-state index in [2.05, 4.69) is 0 Å². The lowest BCUT2D eigenvalue weighted by Gasteiger charge is -2.32. The molecule has 1 fully saturated rings. The van der Waals surface area contributed by atoms with E-state index in [-0.39, 0.29) is 0 Å². The van der Waals surface area contributed by atoms with Gasteiger partial charge in [-0.2, -0.15) is 0 Å². The highest BCUT2D eigenvalue weighted by Crippen LogP contribution is 2.38. The van der Waals surface area contributed by atoms with Crippen LogP contribution < -0.4 is 0 Å². The van der Waals surface area contributed by atoms with Crippen LogP contribution >= 0.6 is 0 Å². The molecule has 0 unspecified atom stereocenters. The number of ether oxygens (including phenoxy) is 1. The molecule has 1 saturated carbocycles. The van der Waals surface area contributed by atoms with Crippen LogP contribution in [0.5, 0.6) is 0 Å². The van der Waals surface area contributed by atoms with E-state index in [9.17, 15) is 5.11 Å². The summed E-state index contributed by atoms with van der Waals surface area (Å²) in [5, 5.41) is 10.2. The van der Waals surface area contributed by atoms with Crippen LogP contribution in [0.2, 0.25) is 0 Å². The number of hydrogen-bond donors (Lipinski definition) is 1. The van der Waals surface area contributed by atoms with Crippen molar-refractivity contribution in [3.05, 3.63) is 12.3 Å². The van der Waals surface area contributed by atoms with E-state index in [1.165, 1.54) is 12.8 Å². The molecule has 1 heterocycles. The monoisotopic (exact) mass is 168 g/mol. The van der Waals surface area contributed by atoms with Crippen molar-refractivity contribution in [1.82, 2.24) is 0 Å². The van der Waals surface area contributed by atoms with Crippen LogP contribution in [0, 0.1) is 5.92 Å². The second kappa shape index (κ2) is 3.09. The topological polar surface area (TPSA) is 29.5 Å². The molecular formula is C10H16O2. The minimum atomic E-state index is -0.402. The average Bonchev–Trinajstić information content (AvgIpc) is 2.55. The van der Waals surface area contributed by atoms with Gasteiger partial charge in [0.25, 0.3) is 0 Å². The predicted molar refractivity (Wildman–Crippen MR) is 46.6 cm³/mol. The number of rotatable bonds is 1. The lowest BCUT2D eigenvalue weighted by atomic mass is 9.83. The summed E-state index contributed by atoms with van der Waals surface area (Å²) in [6, 6.07) is 0. The molecule has 0 aromatic heterocycles. The first kappa shape index (κ1) is 8.11. The number of aliphatic hydroxyl groups is 1. The van der Waals surface area contributed by atoms with Crippen molar-refractivity contribution >= 4 is 0 Å². The summed E-state index contributed by atoms with van der Waals surface area (Å²) in [7, 11) is 0. The molecule has 68 valence electrons. The third-order valence-corrected chi connectivity index (χ3v) is 3.11. The van der Waals surface area contributed by atoms with E-state index >= 15 is 0 Å². The lowest BCUT2D eigenvalue weighted by Crippen LogP contribution is -2.35. The van der Waals surface area contributed by atoms with Crippen LogP contribution in [-0.4, -0.2) is 17.3 Å². The second-order valence-electron chi connectivity index (χ2n) is 3.91. The maximum atomic E-state index is 10.2. The fourth-order valence-electron chi connectivity index (χ4n) is 2.32. The van der Waals surface area contributed by atoms with Gasteiger partial charge in [-0.15, -0.1) is 0 Å². The molecule has 0 saturated heterocycles. The van der Waals surface area contributed by atoms with Crippen molar-refractivity contribution in [2.24, 2.45) is 5.92 Å². The largest absolute Gasteiger partial charge is 0.501 e. The third kappa shape index (κ3) is 1.36. The summed E-state index contributed by atoms with van der Waals surface area (Å²) in [6.45, 7) is 0.767. The molecule has 1 N–H and O–H groups in total. The molecule has 0 aromatic rings. The average molecular weight is 168 g/mol. The maximum absolute atomic E-state index is 10.2. The zero-order valence-corrected chi connectivity index (χ0v) is 7.33. The molecule has 12 heavy (non-hydrogen) atoms. The first-order valence-electron chi connectivity index (χ1n) is 4.82. The molecule has 2 heteroatoms. The first-order chi connectivity index (χ1) is 5.81. The minimum Gasteiger partial charge on any atom is -0.501 e. The molecule has 2 rings (SSSR count). The normalized spacial score (nSPS) is 33.2. The molecular weight excluding hydrogens is 152 g/mol. The summed E-state index contributed by atoms with van der Waals surface area (Å²) < 4.78 is 5.11. The molecule has 2 nitrogen and oxygen atoms in total. The molecule has 0 bridgehead atoms. The highest BCUT2D eigenvalue weighted by atomic mass is 16.5. The Kier molecular flexibility index (Phi) is 2.09. The van der Waals surface area contributed by atoms with E-state index in [0.717, 1.165) is 25.9 Å². The zero-order chi connectivity index (χ0) is 8.44. The van der Waals surface area contributed by atoms with Crippen LogP contribution in [0.25, 0.3) is 0 Å². The highest BCUT2D eigenvalue weighted by Gasteiger charge is 2.38. The highest BCUT2D eigenvalue weighted by molar-refractivity contribution is 5.01. The maximum Gasteiger partial charge on any atom is 0.0879 e. The van der Waals surface area contributed by atoms with Crippen LogP contribution in [0.1, 0.15) is 32.1 Å². The Hall–Kier alpha value is -0.500. The standard InChI is InChI=1S/C10H16O2/c11-10(5-1-2-6-10)9-3-7-12-8-4-9/h3,7,9,11H,1-2,4-6,8H2/t9-/m1/s1. The van der Waals surface area contributed by atoms with Crippen molar-refractivity contribution in [2.75, 3.05) is 6.61 Å². The van der Waals surface area contributed by atoms with Crippen LogP contribution in [0.3, 0.4) is 0 Å². The van der Waals surface area contributed by atoms with Gasteiger partial charge in [0, 0.05) is 5.92 Å². The van der Waals surface area contributed by atoms with Crippen LogP contribution in [0.4, 0.5) is 0 Å². The molecule has 1 aliphatic carbocycles. The second-order valence-corrected chi connectivity index (χ2v) is 3.91. The Balaban J connectivity index is 2.05.